The summed E-state index contributed by atoms with van der Waals surface area (Å²) in [5, 5.41) is 5.36. The summed E-state index contributed by atoms with van der Waals surface area (Å²) in [6.45, 7) is 2.84. The maximum Gasteiger partial charge on any atom is 0.261 e. The van der Waals surface area contributed by atoms with Gasteiger partial charge in [0.2, 0.25) is 5.91 Å². The Hall–Kier alpha value is -0.880. The quantitative estimate of drug-likeness (QED) is 0.871. The summed E-state index contributed by atoms with van der Waals surface area (Å²) in [6.07, 6.45) is 0.312. The maximum absolute atomic E-state index is 11.5. The van der Waals surface area contributed by atoms with Crippen molar-refractivity contribution in [1.82, 2.24) is 10.6 Å². The number of nitrogens with one attached hydrogen (secondary N) is 2. The fourth-order valence-electron chi connectivity index (χ4n) is 1.10. The molecule has 0 spiro atoms. The van der Waals surface area contributed by atoms with E-state index in [9.17, 15) is 9.59 Å². The highest BCUT2D eigenvalue weighted by atomic mass is 79.9. The molecule has 0 bridgehead atoms. The first-order chi connectivity index (χ1) is 7.63. The first-order valence-corrected chi connectivity index (χ1v) is 6.54. The van der Waals surface area contributed by atoms with Crippen LogP contribution in [0.4, 0.5) is 0 Å². The number of carbonyl (C=O) groups is 2. The zero-order valence-corrected chi connectivity index (χ0v) is 11.3. The minimum absolute atomic E-state index is 0.0461. The normalized spacial score (nSPS) is 9.88. The molecule has 1 heterocycles. The molecule has 0 atom stereocenters. The van der Waals surface area contributed by atoms with Crippen LogP contribution in [0.15, 0.2) is 15.9 Å². The Kier molecular flexibility index (Phi) is 5.48. The van der Waals surface area contributed by atoms with Crippen LogP contribution < -0.4 is 10.6 Å². The highest BCUT2D eigenvalue weighted by Gasteiger charge is 2.08. The van der Waals surface area contributed by atoms with Gasteiger partial charge < -0.3 is 10.6 Å². The second-order valence-electron chi connectivity index (χ2n) is 3.06. The van der Waals surface area contributed by atoms with Crippen LogP contribution in [0.3, 0.4) is 0 Å². The van der Waals surface area contributed by atoms with Gasteiger partial charge in [0.15, 0.2) is 0 Å². The lowest BCUT2D eigenvalue weighted by Gasteiger charge is -2.03. The Morgan fingerprint density at radius 1 is 1.38 bits per heavy atom. The first-order valence-electron chi connectivity index (χ1n) is 4.93. The van der Waals surface area contributed by atoms with E-state index in [1.807, 2.05) is 13.0 Å². The van der Waals surface area contributed by atoms with E-state index in [-0.39, 0.29) is 11.8 Å². The molecule has 16 heavy (non-hydrogen) atoms. The molecule has 0 radical (unpaired) electrons. The molecular weight excluding hydrogens is 292 g/mol. The predicted octanol–water partition coefficient (Wildman–Crippen LogP) is 1.77. The standard InChI is InChI=1S/C10H13BrN2O2S/c1-2-12-9(14)5-6-13-10(15)7-3-4-8(11)16-7/h3-4H,2,5-6H2,1H3,(H,12,14)(H,13,15). The van der Waals surface area contributed by atoms with Crippen molar-refractivity contribution in [3.05, 3.63) is 20.8 Å². The van der Waals surface area contributed by atoms with Gasteiger partial charge in [0, 0.05) is 19.5 Å². The van der Waals surface area contributed by atoms with Gasteiger partial charge in [-0.2, -0.15) is 0 Å². The topological polar surface area (TPSA) is 58.2 Å². The summed E-state index contributed by atoms with van der Waals surface area (Å²) in [7, 11) is 0. The number of rotatable bonds is 5. The maximum atomic E-state index is 11.5. The van der Waals surface area contributed by atoms with Crippen molar-refractivity contribution in [2.24, 2.45) is 0 Å². The average Bonchev–Trinajstić information content (AvgIpc) is 2.65. The van der Waals surface area contributed by atoms with Crippen molar-refractivity contribution in [2.45, 2.75) is 13.3 Å². The largest absolute Gasteiger partial charge is 0.356 e. The number of halogens is 1. The molecule has 1 aromatic heterocycles. The van der Waals surface area contributed by atoms with E-state index >= 15 is 0 Å². The van der Waals surface area contributed by atoms with Crippen LogP contribution in [0.25, 0.3) is 0 Å². The van der Waals surface area contributed by atoms with Crippen molar-refractivity contribution in [3.8, 4) is 0 Å². The molecule has 1 aromatic rings. The predicted molar refractivity (Wildman–Crippen MR) is 67.7 cm³/mol. The lowest BCUT2D eigenvalue weighted by Crippen LogP contribution is -2.30. The van der Waals surface area contributed by atoms with Crippen molar-refractivity contribution in [3.63, 3.8) is 0 Å². The molecule has 4 nitrogen and oxygen atoms in total. The van der Waals surface area contributed by atoms with Crippen molar-refractivity contribution in [2.75, 3.05) is 13.1 Å². The van der Waals surface area contributed by atoms with Gasteiger partial charge in [0.25, 0.3) is 5.91 Å². The van der Waals surface area contributed by atoms with Crippen molar-refractivity contribution < 1.29 is 9.59 Å². The molecule has 0 unspecified atom stereocenters. The summed E-state index contributed by atoms with van der Waals surface area (Å²) in [4.78, 5) is 23.3. The SMILES string of the molecule is CCNC(=O)CCNC(=O)c1ccc(Br)s1. The van der Waals surface area contributed by atoms with E-state index in [1.54, 1.807) is 6.07 Å². The molecule has 0 aliphatic carbocycles. The van der Waals surface area contributed by atoms with Gasteiger partial charge in [-0.05, 0) is 35.0 Å². The highest BCUT2D eigenvalue weighted by Crippen LogP contribution is 2.21. The third-order valence-electron chi connectivity index (χ3n) is 1.81. The summed E-state index contributed by atoms with van der Waals surface area (Å²) >= 11 is 4.66. The zero-order chi connectivity index (χ0) is 12.0. The highest BCUT2D eigenvalue weighted by molar-refractivity contribution is 9.11. The molecule has 0 saturated heterocycles. The van der Waals surface area contributed by atoms with Crippen LogP contribution in [0.1, 0.15) is 23.0 Å². The minimum Gasteiger partial charge on any atom is -0.356 e. The fraction of sp³-hybridized carbons (Fsp3) is 0.400. The van der Waals surface area contributed by atoms with Crippen LogP contribution >= 0.6 is 27.3 Å². The van der Waals surface area contributed by atoms with E-state index in [0.717, 1.165) is 3.79 Å². The number of thiophene rings is 1. The lowest BCUT2D eigenvalue weighted by molar-refractivity contribution is -0.120. The third-order valence-corrected chi connectivity index (χ3v) is 3.43. The summed E-state index contributed by atoms with van der Waals surface area (Å²) < 4.78 is 0.918. The Morgan fingerprint density at radius 2 is 2.12 bits per heavy atom. The van der Waals surface area contributed by atoms with Gasteiger partial charge in [-0.3, -0.25) is 9.59 Å². The zero-order valence-electron chi connectivity index (χ0n) is 8.88. The number of hydrogen-bond acceptors (Lipinski definition) is 3. The van der Waals surface area contributed by atoms with Gasteiger partial charge in [0.1, 0.15) is 0 Å². The molecule has 2 amide bonds. The molecular formula is C10H13BrN2O2S. The van der Waals surface area contributed by atoms with E-state index in [0.29, 0.717) is 24.4 Å². The third kappa shape index (κ3) is 4.32. The molecule has 0 aliphatic rings. The minimum atomic E-state index is -0.139. The van der Waals surface area contributed by atoms with Crippen molar-refractivity contribution >= 4 is 39.1 Å². The Labute approximate surface area is 107 Å². The van der Waals surface area contributed by atoms with Crippen molar-refractivity contribution in [1.29, 1.82) is 0 Å². The molecule has 6 heteroatoms. The Balaban J connectivity index is 2.28. The van der Waals surface area contributed by atoms with Crippen LogP contribution in [0.2, 0.25) is 0 Å². The average molecular weight is 305 g/mol. The van der Waals surface area contributed by atoms with Gasteiger partial charge in [-0.15, -0.1) is 11.3 Å². The second kappa shape index (κ2) is 6.65. The second-order valence-corrected chi connectivity index (χ2v) is 5.53. The molecule has 1 rings (SSSR count). The summed E-state index contributed by atoms with van der Waals surface area (Å²) in [5.74, 6) is -0.185. The van der Waals surface area contributed by atoms with E-state index in [2.05, 4.69) is 26.6 Å². The van der Waals surface area contributed by atoms with E-state index in [4.69, 9.17) is 0 Å². The van der Waals surface area contributed by atoms with E-state index in [1.165, 1.54) is 11.3 Å². The van der Waals surface area contributed by atoms with Crippen LogP contribution in [-0.4, -0.2) is 24.9 Å². The monoisotopic (exact) mass is 304 g/mol. The van der Waals surface area contributed by atoms with Gasteiger partial charge in [-0.25, -0.2) is 0 Å². The van der Waals surface area contributed by atoms with Crippen LogP contribution in [0, 0.1) is 0 Å². The summed E-state index contributed by atoms with van der Waals surface area (Å²) in [6, 6.07) is 3.57. The van der Waals surface area contributed by atoms with E-state index < -0.39 is 0 Å². The molecule has 2 N–H and O–H groups in total. The number of amides is 2. The molecule has 0 aromatic carbocycles. The fourth-order valence-corrected chi connectivity index (χ4v) is 2.40. The molecule has 0 aliphatic heterocycles. The Morgan fingerprint density at radius 3 is 2.69 bits per heavy atom. The lowest BCUT2D eigenvalue weighted by atomic mass is 10.3. The molecule has 0 fully saturated rings. The molecule has 88 valence electrons. The van der Waals surface area contributed by atoms with Gasteiger partial charge in [0.05, 0.1) is 8.66 Å². The van der Waals surface area contributed by atoms with Gasteiger partial charge >= 0.3 is 0 Å². The molecule has 0 saturated carbocycles. The summed E-state index contributed by atoms with van der Waals surface area (Å²) in [5.41, 5.74) is 0. The van der Waals surface area contributed by atoms with Gasteiger partial charge in [-0.1, -0.05) is 0 Å². The Bertz CT molecular complexity index is 379. The van der Waals surface area contributed by atoms with Crippen LogP contribution in [-0.2, 0) is 4.79 Å². The first kappa shape index (κ1) is 13.2. The number of carbonyl (C=O) groups excluding carboxylic acids is 2. The van der Waals surface area contributed by atoms with Crippen LogP contribution in [0.5, 0.6) is 0 Å². The smallest absolute Gasteiger partial charge is 0.261 e. The number of hydrogen-bond donors (Lipinski definition) is 2.